The van der Waals surface area contributed by atoms with Crippen LogP contribution < -0.4 is 22.3 Å². The monoisotopic (exact) mass is 284 g/mol. The molecule has 0 saturated carbocycles. The maximum absolute atomic E-state index is 11.8. The van der Waals surface area contributed by atoms with E-state index in [-0.39, 0.29) is 17.4 Å². The summed E-state index contributed by atoms with van der Waals surface area (Å²) in [4.78, 5) is 37.0. The molecule has 8 heteroatoms. The molecule has 0 amide bonds. The third-order valence-electron chi connectivity index (χ3n) is 2.70. The number of nitrogens with zero attached hydrogens (tertiary/aromatic N) is 1. The Morgan fingerprint density at radius 2 is 2.00 bits per heavy atom. The lowest BCUT2D eigenvalue weighted by molar-refractivity contribution is -0.141. The molecule has 1 aromatic heterocycles. The molecule has 8 nitrogen and oxygen atoms in total. The molecule has 0 bridgehead atoms. The van der Waals surface area contributed by atoms with E-state index in [0.717, 1.165) is 0 Å². The Morgan fingerprint density at radius 1 is 1.40 bits per heavy atom. The number of hydrogen-bond acceptors (Lipinski definition) is 6. The second-order valence-corrected chi connectivity index (χ2v) is 4.91. The topological polar surface area (TPSA) is 119 Å². The summed E-state index contributed by atoms with van der Waals surface area (Å²) < 4.78 is 5.82. The van der Waals surface area contributed by atoms with Gasteiger partial charge in [-0.3, -0.25) is 14.3 Å². The third kappa shape index (κ3) is 3.40. The molecule has 0 fully saturated rings. The van der Waals surface area contributed by atoms with Gasteiger partial charge in [-0.1, -0.05) is 13.8 Å². The van der Waals surface area contributed by atoms with Gasteiger partial charge < -0.3 is 15.8 Å². The van der Waals surface area contributed by atoms with Crippen molar-refractivity contribution >= 4 is 17.5 Å². The number of rotatable bonds is 5. The summed E-state index contributed by atoms with van der Waals surface area (Å²) >= 11 is 0. The van der Waals surface area contributed by atoms with E-state index in [0.29, 0.717) is 6.54 Å². The highest BCUT2D eigenvalue weighted by molar-refractivity contribution is 5.80. The Hall–Kier alpha value is -2.25. The third-order valence-corrected chi connectivity index (χ3v) is 2.70. The minimum atomic E-state index is -0.756. The summed E-state index contributed by atoms with van der Waals surface area (Å²) in [6.07, 6.45) is 0. The number of esters is 1. The van der Waals surface area contributed by atoms with Crippen molar-refractivity contribution < 1.29 is 9.53 Å². The fraction of sp³-hybridized carbons (Fsp3) is 0.583. The van der Waals surface area contributed by atoms with Gasteiger partial charge in [0.1, 0.15) is 17.5 Å². The van der Waals surface area contributed by atoms with Crippen LogP contribution in [0.15, 0.2) is 9.59 Å². The molecule has 0 saturated heterocycles. The van der Waals surface area contributed by atoms with Crippen LogP contribution in [0.4, 0.5) is 11.5 Å². The minimum Gasteiger partial charge on any atom is -0.467 e. The summed E-state index contributed by atoms with van der Waals surface area (Å²) in [5, 5.41) is 2.67. The molecule has 1 rings (SSSR count). The average molecular weight is 284 g/mol. The van der Waals surface area contributed by atoms with Crippen molar-refractivity contribution in [2.45, 2.75) is 33.4 Å². The van der Waals surface area contributed by atoms with Gasteiger partial charge in [0.25, 0.3) is 5.56 Å². The maximum atomic E-state index is 11.8. The van der Waals surface area contributed by atoms with Crippen molar-refractivity contribution in [3.8, 4) is 0 Å². The number of aromatic amines is 1. The molecule has 0 aromatic carbocycles. The zero-order chi connectivity index (χ0) is 15.4. The van der Waals surface area contributed by atoms with Crippen LogP contribution in [0.3, 0.4) is 0 Å². The fourth-order valence-corrected chi connectivity index (χ4v) is 1.73. The Balaban J connectivity index is 3.23. The van der Waals surface area contributed by atoms with Crippen molar-refractivity contribution in [3.63, 3.8) is 0 Å². The molecule has 1 aromatic rings. The number of aromatic nitrogens is 2. The van der Waals surface area contributed by atoms with E-state index in [4.69, 9.17) is 5.73 Å². The first-order valence-electron chi connectivity index (χ1n) is 6.24. The second-order valence-electron chi connectivity index (χ2n) is 4.91. The summed E-state index contributed by atoms with van der Waals surface area (Å²) in [6.45, 7) is 5.73. The van der Waals surface area contributed by atoms with Crippen LogP contribution in [0.2, 0.25) is 0 Å². The molecule has 0 aliphatic heterocycles. The summed E-state index contributed by atoms with van der Waals surface area (Å²) in [5.74, 6) is -0.361. The number of nitrogens with one attached hydrogen (secondary N) is 2. The number of methoxy groups -OCH3 is 1. The number of ether oxygens (including phenoxy) is 1. The summed E-state index contributed by atoms with van der Waals surface area (Å²) in [5.41, 5.74) is 4.61. The lowest BCUT2D eigenvalue weighted by atomic mass is 10.2. The standard InChI is InChI=1S/C12H20N4O4/c1-6(2)5-16-9(13)8(10(17)15-12(16)19)14-7(3)11(18)20-4/h6-7,14H,5,13H2,1-4H3,(H,15,17,19). The highest BCUT2D eigenvalue weighted by Crippen LogP contribution is 2.13. The van der Waals surface area contributed by atoms with E-state index in [1.165, 1.54) is 18.6 Å². The Kier molecular flexibility index (Phi) is 4.95. The zero-order valence-corrected chi connectivity index (χ0v) is 12.0. The fourth-order valence-electron chi connectivity index (χ4n) is 1.73. The van der Waals surface area contributed by atoms with E-state index in [9.17, 15) is 14.4 Å². The van der Waals surface area contributed by atoms with Crippen molar-refractivity contribution in [2.24, 2.45) is 5.92 Å². The van der Waals surface area contributed by atoms with Gasteiger partial charge in [0.2, 0.25) is 0 Å². The first-order valence-corrected chi connectivity index (χ1v) is 6.24. The second kappa shape index (κ2) is 6.27. The van der Waals surface area contributed by atoms with Gasteiger partial charge in [-0.15, -0.1) is 0 Å². The van der Waals surface area contributed by atoms with Crippen molar-refractivity contribution in [1.29, 1.82) is 0 Å². The van der Waals surface area contributed by atoms with E-state index in [2.05, 4.69) is 15.0 Å². The largest absolute Gasteiger partial charge is 0.467 e. The molecular weight excluding hydrogens is 264 g/mol. The van der Waals surface area contributed by atoms with E-state index in [1.807, 2.05) is 13.8 Å². The van der Waals surface area contributed by atoms with Crippen LogP contribution in [0.25, 0.3) is 0 Å². The number of H-pyrrole nitrogens is 1. The van der Waals surface area contributed by atoms with Gasteiger partial charge in [0.05, 0.1) is 7.11 Å². The zero-order valence-electron chi connectivity index (χ0n) is 12.0. The molecular formula is C12H20N4O4. The average Bonchev–Trinajstić information content (AvgIpc) is 2.37. The molecule has 1 atom stereocenters. The maximum Gasteiger partial charge on any atom is 0.330 e. The van der Waals surface area contributed by atoms with Gasteiger partial charge >= 0.3 is 11.7 Å². The quantitative estimate of drug-likeness (QED) is 0.641. The number of hydrogen-bond donors (Lipinski definition) is 3. The smallest absolute Gasteiger partial charge is 0.330 e. The number of carbonyl (C=O) groups is 1. The molecule has 1 unspecified atom stereocenters. The van der Waals surface area contributed by atoms with Crippen LogP contribution in [0.5, 0.6) is 0 Å². The normalized spacial score (nSPS) is 12.2. The number of nitrogen functional groups attached to an aromatic ring is 1. The van der Waals surface area contributed by atoms with Gasteiger partial charge in [-0.25, -0.2) is 9.59 Å². The van der Waals surface area contributed by atoms with Crippen molar-refractivity contribution in [3.05, 3.63) is 20.8 Å². The number of carbonyl (C=O) groups excluding carboxylic acids is 1. The number of anilines is 2. The molecule has 1 heterocycles. The molecule has 4 N–H and O–H groups in total. The van der Waals surface area contributed by atoms with Crippen LogP contribution >= 0.6 is 0 Å². The van der Waals surface area contributed by atoms with Crippen LogP contribution in [-0.2, 0) is 16.1 Å². The molecule has 0 aliphatic rings. The predicted octanol–water partition coefficient (Wildman–Crippen LogP) is -0.252. The highest BCUT2D eigenvalue weighted by Gasteiger charge is 2.19. The highest BCUT2D eigenvalue weighted by atomic mass is 16.5. The summed E-state index contributed by atoms with van der Waals surface area (Å²) in [6, 6.07) is -0.756. The predicted molar refractivity (Wildman–Crippen MR) is 75.7 cm³/mol. The first-order chi connectivity index (χ1) is 9.27. The Morgan fingerprint density at radius 3 is 2.50 bits per heavy atom. The van der Waals surface area contributed by atoms with Gasteiger partial charge in [-0.05, 0) is 12.8 Å². The number of nitrogens with two attached hydrogens (primary N) is 1. The van der Waals surface area contributed by atoms with Crippen molar-refractivity contribution in [2.75, 3.05) is 18.2 Å². The van der Waals surface area contributed by atoms with Crippen molar-refractivity contribution in [1.82, 2.24) is 9.55 Å². The SMILES string of the molecule is COC(=O)C(C)Nc1c(N)n(CC(C)C)c(=O)[nH]c1=O. The molecule has 0 radical (unpaired) electrons. The van der Waals surface area contributed by atoms with Gasteiger partial charge in [0, 0.05) is 6.54 Å². The van der Waals surface area contributed by atoms with Crippen LogP contribution in [0.1, 0.15) is 20.8 Å². The summed E-state index contributed by atoms with van der Waals surface area (Å²) in [7, 11) is 1.24. The van der Waals surface area contributed by atoms with Gasteiger partial charge in [0.15, 0.2) is 0 Å². The van der Waals surface area contributed by atoms with Crippen LogP contribution in [-0.4, -0.2) is 28.7 Å². The van der Waals surface area contributed by atoms with Crippen LogP contribution in [0, 0.1) is 5.92 Å². The molecule has 20 heavy (non-hydrogen) atoms. The minimum absolute atomic E-state index is 0.00297. The van der Waals surface area contributed by atoms with E-state index >= 15 is 0 Å². The van der Waals surface area contributed by atoms with E-state index in [1.54, 1.807) is 0 Å². The first kappa shape index (κ1) is 15.8. The molecule has 0 spiro atoms. The van der Waals surface area contributed by atoms with Gasteiger partial charge in [-0.2, -0.15) is 0 Å². The lowest BCUT2D eigenvalue weighted by Crippen LogP contribution is -2.38. The Labute approximate surface area is 115 Å². The molecule has 112 valence electrons. The molecule has 0 aliphatic carbocycles. The Bertz CT molecular complexity index is 602. The van der Waals surface area contributed by atoms with E-state index < -0.39 is 23.3 Å². The lowest BCUT2D eigenvalue weighted by Gasteiger charge is -2.17.